The van der Waals surface area contributed by atoms with E-state index in [0.29, 0.717) is 6.42 Å². The van der Waals surface area contributed by atoms with Crippen LogP contribution in [-0.4, -0.2) is 19.5 Å². The van der Waals surface area contributed by atoms with E-state index in [4.69, 9.17) is 0 Å². The van der Waals surface area contributed by atoms with E-state index in [1.165, 1.54) is 5.56 Å². The molecular formula is C12H16N2O. The molecule has 15 heavy (non-hydrogen) atoms. The monoisotopic (exact) mass is 204 g/mol. The van der Waals surface area contributed by atoms with Gasteiger partial charge in [-0.1, -0.05) is 6.07 Å². The summed E-state index contributed by atoms with van der Waals surface area (Å²) in [4.78, 5) is 13.5. The summed E-state index contributed by atoms with van der Waals surface area (Å²) in [6.07, 6.45) is 0.559. The highest BCUT2D eigenvalue weighted by atomic mass is 16.2. The molecule has 0 atom stereocenters. The van der Waals surface area contributed by atoms with Gasteiger partial charge in [0.15, 0.2) is 0 Å². The number of nitrogens with one attached hydrogen (secondary N) is 1. The zero-order valence-electron chi connectivity index (χ0n) is 9.42. The van der Waals surface area contributed by atoms with E-state index in [1.54, 1.807) is 4.90 Å². The highest BCUT2D eigenvalue weighted by molar-refractivity contribution is 5.98. The summed E-state index contributed by atoms with van der Waals surface area (Å²) in [5.41, 5.74) is 4.46. The van der Waals surface area contributed by atoms with Gasteiger partial charge in [0, 0.05) is 20.0 Å². The third-order valence-corrected chi connectivity index (χ3v) is 2.81. The summed E-state index contributed by atoms with van der Waals surface area (Å²) in [5, 5.41) is 3.31. The van der Waals surface area contributed by atoms with Crippen molar-refractivity contribution in [3.8, 4) is 0 Å². The minimum absolute atomic E-state index is 0.174. The number of fused-ring (bicyclic) bond motifs is 1. The Morgan fingerprint density at radius 1 is 1.33 bits per heavy atom. The van der Waals surface area contributed by atoms with Crippen molar-refractivity contribution in [2.24, 2.45) is 0 Å². The molecule has 0 radical (unpaired) electrons. The third kappa shape index (κ3) is 1.69. The minimum Gasteiger partial charge on any atom is -0.383 e. The summed E-state index contributed by atoms with van der Waals surface area (Å²) < 4.78 is 0. The van der Waals surface area contributed by atoms with Crippen LogP contribution in [-0.2, 0) is 4.79 Å². The van der Waals surface area contributed by atoms with Crippen LogP contribution < -0.4 is 10.2 Å². The van der Waals surface area contributed by atoms with E-state index in [2.05, 4.69) is 24.4 Å². The molecule has 0 saturated heterocycles. The zero-order valence-corrected chi connectivity index (χ0v) is 9.42. The molecular weight excluding hydrogens is 188 g/mol. The summed E-state index contributed by atoms with van der Waals surface area (Å²) in [6.45, 7) is 4.84. The second-order valence-electron chi connectivity index (χ2n) is 4.11. The topological polar surface area (TPSA) is 32.3 Å². The molecule has 0 fully saturated rings. The first-order chi connectivity index (χ1) is 7.09. The second-order valence-corrected chi connectivity index (χ2v) is 4.11. The van der Waals surface area contributed by atoms with E-state index in [0.717, 1.165) is 23.5 Å². The summed E-state index contributed by atoms with van der Waals surface area (Å²) >= 11 is 0. The van der Waals surface area contributed by atoms with Crippen molar-refractivity contribution >= 4 is 17.3 Å². The number of hydrogen-bond acceptors (Lipinski definition) is 2. The van der Waals surface area contributed by atoms with Crippen molar-refractivity contribution in [1.29, 1.82) is 0 Å². The van der Waals surface area contributed by atoms with Crippen LogP contribution in [0, 0.1) is 13.8 Å². The Labute approximate surface area is 90.1 Å². The Bertz CT molecular complexity index is 412. The Morgan fingerprint density at radius 3 is 2.80 bits per heavy atom. The summed E-state index contributed by atoms with van der Waals surface area (Å²) in [7, 11) is 1.84. The SMILES string of the molecule is Cc1cc(C)c2c(c1)NCCC(=O)N2C. The van der Waals surface area contributed by atoms with E-state index < -0.39 is 0 Å². The Balaban J connectivity index is 2.58. The quantitative estimate of drug-likeness (QED) is 0.701. The Hall–Kier alpha value is -1.51. The first kappa shape index (κ1) is 10.0. The molecule has 2 rings (SSSR count). The number of carbonyl (C=O) groups is 1. The van der Waals surface area contributed by atoms with Gasteiger partial charge in [-0.25, -0.2) is 0 Å². The molecule has 0 bridgehead atoms. The standard InChI is InChI=1S/C12H16N2O/c1-8-6-9(2)12-10(7-8)13-5-4-11(15)14(12)3/h6-7,13H,4-5H2,1-3H3. The van der Waals surface area contributed by atoms with Crippen molar-refractivity contribution < 1.29 is 4.79 Å². The number of benzene rings is 1. The van der Waals surface area contributed by atoms with Gasteiger partial charge in [0.2, 0.25) is 5.91 Å². The van der Waals surface area contributed by atoms with Gasteiger partial charge in [0.1, 0.15) is 0 Å². The molecule has 0 aliphatic carbocycles. The lowest BCUT2D eigenvalue weighted by atomic mass is 10.1. The third-order valence-electron chi connectivity index (χ3n) is 2.81. The number of rotatable bonds is 0. The van der Waals surface area contributed by atoms with E-state index in [1.807, 2.05) is 14.0 Å². The van der Waals surface area contributed by atoms with Crippen LogP contribution in [0.4, 0.5) is 11.4 Å². The van der Waals surface area contributed by atoms with Gasteiger partial charge >= 0.3 is 0 Å². The first-order valence-electron chi connectivity index (χ1n) is 5.21. The molecule has 1 aromatic rings. The van der Waals surface area contributed by atoms with Gasteiger partial charge in [-0.3, -0.25) is 4.79 Å². The number of nitrogens with zero attached hydrogens (tertiary/aromatic N) is 1. The fourth-order valence-electron chi connectivity index (χ4n) is 2.14. The molecule has 0 unspecified atom stereocenters. The van der Waals surface area contributed by atoms with Crippen molar-refractivity contribution in [1.82, 2.24) is 0 Å². The molecule has 0 spiro atoms. The molecule has 1 aromatic carbocycles. The molecule has 1 amide bonds. The van der Waals surface area contributed by atoms with Gasteiger partial charge in [0.25, 0.3) is 0 Å². The lowest BCUT2D eigenvalue weighted by molar-refractivity contribution is -0.118. The maximum atomic E-state index is 11.7. The lowest BCUT2D eigenvalue weighted by Gasteiger charge is -2.20. The molecule has 1 aliphatic heterocycles. The second kappa shape index (κ2) is 3.57. The van der Waals surface area contributed by atoms with E-state index in [-0.39, 0.29) is 5.91 Å². The smallest absolute Gasteiger partial charge is 0.228 e. The molecule has 0 saturated carbocycles. The van der Waals surface area contributed by atoms with Crippen molar-refractivity contribution in [3.63, 3.8) is 0 Å². The van der Waals surface area contributed by atoms with Crippen LogP contribution in [0.5, 0.6) is 0 Å². The number of amides is 1. The number of carbonyl (C=O) groups excluding carboxylic acids is 1. The Morgan fingerprint density at radius 2 is 2.07 bits per heavy atom. The van der Waals surface area contributed by atoms with E-state index in [9.17, 15) is 4.79 Å². The van der Waals surface area contributed by atoms with E-state index >= 15 is 0 Å². The van der Waals surface area contributed by atoms with Crippen LogP contribution in [0.25, 0.3) is 0 Å². The predicted molar refractivity (Wildman–Crippen MR) is 62.4 cm³/mol. The fourth-order valence-corrected chi connectivity index (χ4v) is 2.14. The largest absolute Gasteiger partial charge is 0.383 e. The normalized spacial score (nSPS) is 15.7. The molecule has 1 heterocycles. The molecule has 0 aromatic heterocycles. The maximum Gasteiger partial charge on any atom is 0.228 e. The predicted octanol–water partition coefficient (Wildman–Crippen LogP) is 2.08. The minimum atomic E-state index is 0.174. The van der Waals surface area contributed by atoms with Crippen molar-refractivity contribution in [2.75, 3.05) is 23.8 Å². The van der Waals surface area contributed by atoms with Crippen molar-refractivity contribution in [2.45, 2.75) is 20.3 Å². The average molecular weight is 204 g/mol. The average Bonchev–Trinajstić information content (AvgIpc) is 2.27. The van der Waals surface area contributed by atoms with Gasteiger partial charge < -0.3 is 10.2 Å². The highest BCUT2D eigenvalue weighted by Gasteiger charge is 2.20. The number of anilines is 2. The summed E-state index contributed by atoms with van der Waals surface area (Å²) in [5.74, 6) is 0.174. The number of hydrogen-bond donors (Lipinski definition) is 1. The zero-order chi connectivity index (χ0) is 11.0. The molecule has 1 aliphatic rings. The maximum absolute atomic E-state index is 11.7. The van der Waals surface area contributed by atoms with Crippen LogP contribution in [0.15, 0.2) is 12.1 Å². The molecule has 3 heteroatoms. The molecule has 3 nitrogen and oxygen atoms in total. The Kier molecular flexibility index (Phi) is 2.39. The van der Waals surface area contributed by atoms with Crippen LogP contribution in [0.1, 0.15) is 17.5 Å². The first-order valence-corrected chi connectivity index (χ1v) is 5.21. The van der Waals surface area contributed by atoms with Crippen LogP contribution in [0.3, 0.4) is 0 Å². The summed E-state index contributed by atoms with van der Waals surface area (Å²) in [6, 6.07) is 4.20. The lowest BCUT2D eigenvalue weighted by Crippen LogP contribution is -2.25. The van der Waals surface area contributed by atoms with Gasteiger partial charge in [0.05, 0.1) is 11.4 Å². The van der Waals surface area contributed by atoms with Crippen LogP contribution in [0.2, 0.25) is 0 Å². The van der Waals surface area contributed by atoms with Gasteiger partial charge in [-0.15, -0.1) is 0 Å². The highest BCUT2D eigenvalue weighted by Crippen LogP contribution is 2.32. The van der Waals surface area contributed by atoms with Gasteiger partial charge in [-0.2, -0.15) is 0 Å². The number of aryl methyl sites for hydroxylation is 2. The van der Waals surface area contributed by atoms with Crippen LogP contribution >= 0.6 is 0 Å². The van der Waals surface area contributed by atoms with Gasteiger partial charge in [-0.05, 0) is 31.0 Å². The molecule has 80 valence electrons. The molecule has 1 N–H and O–H groups in total. The fraction of sp³-hybridized carbons (Fsp3) is 0.417. The van der Waals surface area contributed by atoms with Crippen molar-refractivity contribution in [3.05, 3.63) is 23.3 Å².